The first kappa shape index (κ1) is 20.1. The van der Waals surface area contributed by atoms with Crippen molar-refractivity contribution in [3.05, 3.63) is 53.6 Å². The molecule has 28 heavy (non-hydrogen) atoms. The number of carbonyl (C=O) groups is 1. The molecular formula is C23H29NO4. The molecule has 2 aromatic carbocycles. The molecule has 1 aliphatic rings. The minimum absolute atomic E-state index is 0.117. The SMILES string of the molecule is CC[C@H](Oc1cccc(C)c1)C(=O)N[C@@H]1CC(C)(C)Oc2cc(OC)ccc21. The van der Waals surface area contributed by atoms with Gasteiger partial charge in [0.15, 0.2) is 6.10 Å². The molecule has 0 radical (unpaired) electrons. The van der Waals surface area contributed by atoms with E-state index in [9.17, 15) is 4.79 Å². The molecular weight excluding hydrogens is 354 g/mol. The predicted molar refractivity (Wildman–Crippen MR) is 109 cm³/mol. The molecule has 1 amide bonds. The smallest absolute Gasteiger partial charge is 0.261 e. The number of benzene rings is 2. The zero-order chi connectivity index (χ0) is 20.3. The minimum Gasteiger partial charge on any atom is -0.497 e. The molecule has 0 spiro atoms. The minimum atomic E-state index is -0.547. The molecule has 5 heteroatoms. The zero-order valence-corrected chi connectivity index (χ0v) is 17.2. The number of hydrogen-bond donors (Lipinski definition) is 1. The molecule has 0 aliphatic carbocycles. The Balaban J connectivity index is 1.78. The number of methoxy groups -OCH3 is 1. The van der Waals surface area contributed by atoms with Crippen LogP contribution < -0.4 is 19.5 Å². The van der Waals surface area contributed by atoms with Crippen LogP contribution in [0.1, 0.15) is 50.8 Å². The fourth-order valence-electron chi connectivity index (χ4n) is 3.53. The van der Waals surface area contributed by atoms with Crippen LogP contribution in [-0.2, 0) is 4.79 Å². The maximum atomic E-state index is 13.0. The lowest BCUT2D eigenvalue weighted by Crippen LogP contribution is -2.45. The second-order valence-corrected chi connectivity index (χ2v) is 7.86. The molecule has 0 unspecified atom stereocenters. The van der Waals surface area contributed by atoms with Crippen molar-refractivity contribution in [3.63, 3.8) is 0 Å². The Bertz CT molecular complexity index is 846. The number of fused-ring (bicyclic) bond motifs is 1. The highest BCUT2D eigenvalue weighted by molar-refractivity contribution is 5.81. The first-order valence-electron chi connectivity index (χ1n) is 9.72. The molecule has 1 N–H and O–H groups in total. The van der Waals surface area contributed by atoms with E-state index in [0.29, 0.717) is 18.6 Å². The number of rotatable bonds is 6. The summed E-state index contributed by atoms with van der Waals surface area (Å²) in [5.41, 5.74) is 1.66. The number of carbonyl (C=O) groups excluding carboxylic acids is 1. The van der Waals surface area contributed by atoms with Crippen LogP contribution in [0.4, 0.5) is 0 Å². The Labute approximate surface area is 167 Å². The highest BCUT2D eigenvalue weighted by Crippen LogP contribution is 2.41. The van der Waals surface area contributed by atoms with Crippen LogP contribution in [0.5, 0.6) is 17.2 Å². The molecule has 0 saturated carbocycles. The van der Waals surface area contributed by atoms with E-state index in [4.69, 9.17) is 14.2 Å². The Hall–Kier alpha value is -2.69. The molecule has 1 heterocycles. The normalized spacial score (nSPS) is 18.4. The topological polar surface area (TPSA) is 56.8 Å². The van der Waals surface area contributed by atoms with Crippen LogP contribution in [0.3, 0.4) is 0 Å². The van der Waals surface area contributed by atoms with Crippen molar-refractivity contribution in [3.8, 4) is 17.2 Å². The Morgan fingerprint density at radius 3 is 2.71 bits per heavy atom. The van der Waals surface area contributed by atoms with E-state index in [1.165, 1.54) is 0 Å². The summed E-state index contributed by atoms with van der Waals surface area (Å²) in [7, 11) is 1.63. The average Bonchev–Trinajstić information content (AvgIpc) is 2.64. The fourth-order valence-corrected chi connectivity index (χ4v) is 3.53. The third-order valence-corrected chi connectivity index (χ3v) is 4.93. The molecule has 0 aromatic heterocycles. The highest BCUT2D eigenvalue weighted by Gasteiger charge is 2.36. The van der Waals surface area contributed by atoms with Crippen LogP contribution in [0.15, 0.2) is 42.5 Å². The highest BCUT2D eigenvalue weighted by atomic mass is 16.5. The molecule has 3 rings (SSSR count). The van der Waals surface area contributed by atoms with Gasteiger partial charge >= 0.3 is 0 Å². The van der Waals surface area contributed by atoms with Gasteiger partial charge in [-0.3, -0.25) is 4.79 Å². The van der Waals surface area contributed by atoms with Crippen molar-refractivity contribution in [2.24, 2.45) is 0 Å². The molecule has 150 valence electrons. The summed E-state index contributed by atoms with van der Waals surface area (Å²) < 4.78 is 17.4. The van der Waals surface area contributed by atoms with Crippen LogP contribution in [0, 0.1) is 6.92 Å². The third kappa shape index (κ3) is 4.58. The van der Waals surface area contributed by atoms with Gasteiger partial charge in [-0.25, -0.2) is 0 Å². The van der Waals surface area contributed by atoms with Gasteiger partial charge in [0, 0.05) is 18.1 Å². The summed E-state index contributed by atoms with van der Waals surface area (Å²) in [6, 6.07) is 13.3. The summed E-state index contributed by atoms with van der Waals surface area (Å²) in [4.78, 5) is 13.0. The zero-order valence-electron chi connectivity index (χ0n) is 17.2. The van der Waals surface area contributed by atoms with Gasteiger partial charge in [-0.2, -0.15) is 0 Å². The van der Waals surface area contributed by atoms with E-state index in [-0.39, 0.29) is 11.9 Å². The maximum Gasteiger partial charge on any atom is 0.261 e. The van der Waals surface area contributed by atoms with Gasteiger partial charge in [0.05, 0.1) is 13.2 Å². The molecule has 0 bridgehead atoms. The second kappa shape index (κ2) is 8.13. The third-order valence-electron chi connectivity index (χ3n) is 4.93. The van der Waals surface area contributed by atoms with Crippen LogP contribution in [0.2, 0.25) is 0 Å². The number of nitrogens with one attached hydrogen (secondary N) is 1. The average molecular weight is 383 g/mol. The van der Waals surface area contributed by atoms with Crippen molar-refractivity contribution in [2.75, 3.05) is 7.11 Å². The quantitative estimate of drug-likeness (QED) is 0.793. The first-order chi connectivity index (χ1) is 13.3. The van der Waals surface area contributed by atoms with E-state index in [0.717, 1.165) is 22.6 Å². The summed E-state index contributed by atoms with van der Waals surface area (Å²) in [5, 5.41) is 3.17. The Kier molecular flexibility index (Phi) is 5.82. The van der Waals surface area contributed by atoms with Gasteiger partial charge in [0.25, 0.3) is 5.91 Å². The predicted octanol–water partition coefficient (Wildman–Crippen LogP) is 4.58. The number of ether oxygens (including phenoxy) is 3. The van der Waals surface area contributed by atoms with Gasteiger partial charge in [-0.1, -0.05) is 19.1 Å². The lowest BCUT2D eigenvalue weighted by molar-refractivity contribution is -0.129. The number of aryl methyl sites for hydroxylation is 1. The molecule has 0 fully saturated rings. The standard InChI is InChI=1S/C23H29NO4/c1-6-20(27-17-9-7-8-15(2)12-17)22(25)24-19-14-23(3,4)28-21-13-16(26-5)10-11-18(19)21/h7-13,19-20H,6,14H2,1-5H3,(H,24,25)/t19-,20+/m1/s1. The largest absolute Gasteiger partial charge is 0.497 e. The monoisotopic (exact) mass is 383 g/mol. The molecule has 5 nitrogen and oxygen atoms in total. The van der Waals surface area contributed by atoms with Crippen molar-refractivity contribution in [2.45, 2.75) is 58.3 Å². The van der Waals surface area contributed by atoms with Gasteiger partial charge in [-0.15, -0.1) is 0 Å². The van der Waals surface area contributed by atoms with Crippen molar-refractivity contribution in [1.82, 2.24) is 5.32 Å². The van der Waals surface area contributed by atoms with Crippen molar-refractivity contribution >= 4 is 5.91 Å². The second-order valence-electron chi connectivity index (χ2n) is 7.86. The lowest BCUT2D eigenvalue weighted by atomic mass is 9.89. The van der Waals surface area contributed by atoms with Crippen molar-refractivity contribution < 1.29 is 19.0 Å². The van der Waals surface area contributed by atoms with E-state index in [2.05, 4.69) is 5.32 Å². The van der Waals surface area contributed by atoms with E-state index >= 15 is 0 Å². The van der Waals surface area contributed by atoms with E-state index < -0.39 is 11.7 Å². The molecule has 2 aromatic rings. The van der Waals surface area contributed by atoms with Gasteiger partial charge in [0.2, 0.25) is 0 Å². The fraction of sp³-hybridized carbons (Fsp3) is 0.435. The first-order valence-corrected chi connectivity index (χ1v) is 9.72. The van der Waals surface area contributed by atoms with Crippen molar-refractivity contribution in [1.29, 1.82) is 0 Å². The molecule has 0 saturated heterocycles. The Morgan fingerprint density at radius 2 is 2.04 bits per heavy atom. The van der Waals surface area contributed by atoms with Gasteiger partial charge < -0.3 is 19.5 Å². The van der Waals surface area contributed by atoms with Gasteiger partial charge in [0.1, 0.15) is 22.8 Å². The summed E-state index contributed by atoms with van der Waals surface area (Å²) in [5.74, 6) is 2.07. The number of hydrogen-bond acceptors (Lipinski definition) is 4. The lowest BCUT2D eigenvalue weighted by Gasteiger charge is -2.38. The number of amides is 1. The summed E-state index contributed by atoms with van der Waals surface area (Å²) in [6.45, 7) is 8.00. The van der Waals surface area contributed by atoms with Crippen LogP contribution in [0.25, 0.3) is 0 Å². The van der Waals surface area contributed by atoms with Crippen LogP contribution >= 0.6 is 0 Å². The van der Waals surface area contributed by atoms with E-state index in [1.54, 1.807) is 7.11 Å². The maximum absolute atomic E-state index is 13.0. The summed E-state index contributed by atoms with van der Waals surface area (Å²) >= 11 is 0. The summed E-state index contributed by atoms with van der Waals surface area (Å²) in [6.07, 6.45) is 0.718. The van der Waals surface area contributed by atoms with E-state index in [1.807, 2.05) is 70.2 Å². The molecule has 2 atom stereocenters. The van der Waals surface area contributed by atoms with Crippen LogP contribution in [-0.4, -0.2) is 24.7 Å². The Morgan fingerprint density at radius 1 is 1.25 bits per heavy atom. The van der Waals surface area contributed by atoms with Gasteiger partial charge in [-0.05, 0) is 57.0 Å². The molecule has 1 aliphatic heterocycles.